The van der Waals surface area contributed by atoms with E-state index in [2.05, 4.69) is 28.6 Å². The van der Waals surface area contributed by atoms with E-state index >= 15 is 0 Å². The monoisotopic (exact) mass is 381 g/mol. The zero-order chi connectivity index (χ0) is 19.4. The Morgan fingerprint density at radius 2 is 1.93 bits per heavy atom. The minimum absolute atomic E-state index is 0.0563. The lowest BCUT2D eigenvalue weighted by Crippen LogP contribution is -2.31. The molecule has 1 heterocycles. The molecule has 3 aromatic rings. The van der Waals surface area contributed by atoms with Crippen LogP contribution in [0.15, 0.2) is 47.3 Å². The quantitative estimate of drug-likeness (QED) is 0.589. The normalized spacial score (nSPS) is 10.6. The molecule has 0 atom stereocenters. The third-order valence-electron chi connectivity index (χ3n) is 4.54. The van der Waals surface area contributed by atoms with Gasteiger partial charge in [-0.25, -0.2) is 0 Å². The van der Waals surface area contributed by atoms with E-state index in [9.17, 15) is 4.79 Å². The van der Waals surface area contributed by atoms with E-state index in [1.807, 2.05) is 43.3 Å². The molecule has 0 saturated heterocycles. The van der Waals surface area contributed by atoms with Crippen molar-refractivity contribution in [1.82, 2.24) is 10.3 Å². The number of aryl methyl sites for hydroxylation is 2. The van der Waals surface area contributed by atoms with Gasteiger partial charge in [-0.3, -0.25) is 4.79 Å². The van der Waals surface area contributed by atoms with Crippen LogP contribution in [0.4, 0.5) is 5.69 Å². The molecule has 0 aliphatic heterocycles. The first-order chi connectivity index (χ1) is 13.0. The second kappa shape index (κ2) is 8.22. The number of hydrogen-bond acceptors (Lipinski definition) is 3. The molecule has 0 aliphatic rings. The number of methoxy groups -OCH3 is 1. The molecule has 0 spiro atoms. The van der Waals surface area contributed by atoms with Gasteiger partial charge in [-0.05, 0) is 79.3 Å². The van der Waals surface area contributed by atoms with Crippen LogP contribution >= 0.6 is 12.2 Å². The summed E-state index contributed by atoms with van der Waals surface area (Å²) < 4.78 is 5.20. The minimum atomic E-state index is -0.0563. The fraction of sp³-hybridized carbons (Fsp3) is 0.238. The van der Waals surface area contributed by atoms with Gasteiger partial charge in [0.05, 0.1) is 7.11 Å². The van der Waals surface area contributed by atoms with E-state index in [1.165, 1.54) is 11.1 Å². The van der Waals surface area contributed by atoms with Crippen LogP contribution in [0.1, 0.15) is 16.7 Å². The van der Waals surface area contributed by atoms with E-state index in [4.69, 9.17) is 17.0 Å². The average molecular weight is 382 g/mol. The molecular formula is C21H23N3O2S. The predicted molar refractivity (Wildman–Crippen MR) is 115 cm³/mol. The predicted octanol–water partition coefficient (Wildman–Crippen LogP) is 3.68. The SMILES string of the molecule is COc1cccc(NC(=S)NCCc2cc3cc(C)c(C)cc3[nH]c2=O)c1. The van der Waals surface area contributed by atoms with Crippen LogP contribution in [-0.4, -0.2) is 23.8 Å². The smallest absolute Gasteiger partial charge is 0.251 e. The minimum Gasteiger partial charge on any atom is -0.497 e. The second-order valence-electron chi connectivity index (χ2n) is 6.51. The number of nitrogens with one attached hydrogen (secondary N) is 3. The number of H-pyrrole nitrogens is 1. The summed E-state index contributed by atoms with van der Waals surface area (Å²) in [6, 6.07) is 13.6. The molecular weight excluding hydrogens is 358 g/mol. The zero-order valence-corrected chi connectivity index (χ0v) is 16.5. The highest BCUT2D eigenvalue weighted by atomic mass is 32.1. The van der Waals surface area contributed by atoms with E-state index in [-0.39, 0.29) is 5.56 Å². The summed E-state index contributed by atoms with van der Waals surface area (Å²) in [5, 5.41) is 7.81. The largest absolute Gasteiger partial charge is 0.497 e. The zero-order valence-electron chi connectivity index (χ0n) is 15.7. The number of aromatic amines is 1. The van der Waals surface area contributed by atoms with E-state index in [1.54, 1.807) is 7.11 Å². The molecule has 140 valence electrons. The van der Waals surface area contributed by atoms with Gasteiger partial charge in [0.25, 0.3) is 5.56 Å². The summed E-state index contributed by atoms with van der Waals surface area (Å²) in [7, 11) is 1.62. The maximum absolute atomic E-state index is 12.3. The fourth-order valence-electron chi connectivity index (χ4n) is 2.89. The molecule has 3 N–H and O–H groups in total. The Balaban J connectivity index is 1.62. The van der Waals surface area contributed by atoms with Crippen molar-refractivity contribution in [2.45, 2.75) is 20.3 Å². The van der Waals surface area contributed by atoms with Gasteiger partial charge >= 0.3 is 0 Å². The van der Waals surface area contributed by atoms with Crippen LogP contribution in [-0.2, 0) is 6.42 Å². The lowest BCUT2D eigenvalue weighted by molar-refractivity contribution is 0.415. The standard InChI is InChI=1S/C21H23N3O2S/c1-13-9-16-11-15(20(25)24-19(16)10-14(13)2)7-8-22-21(27)23-17-5-4-6-18(12-17)26-3/h4-6,9-12H,7-8H2,1-3H3,(H,24,25)(H2,22,23,27). The van der Waals surface area contributed by atoms with Crippen molar-refractivity contribution in [2.24, 2.45) is 0 Å². The maximum atomic E-state index is 12.3. The number of ether oxygens (including phenoxy) is 1. The van der Waals surface area contributed by atoms with Gasteiger partial charge in [-0.1, -0.05) is 6.07 Å². The molecule has 6 heteroatoms. The van der Waals surface area contributed by atoms with Gasteiger partial charge in [0.1, 0.15) is 5.75 Å². The van der Waals surface area contributed by atoms with Crippen molar-refractivity contribution in [1.29, 1.82) is 0 Å². The van der Waals surface area contributed by atoms with Crippen LogP contribution in [0.3, 0.4) is 0 Å². The number of pyridine rings is 1. The number of thiocarbonyl (C=S) groups is 1. The third-order valence-corrected chi connectivity index (χ3v) is 4.79. The summed E-state index contributed by atoms with van der Waals surface area (Å²) >= 11 is 5.32. The molecule has 0 bridgehead atoms. The molecule has 0 unspecified atom stereocenters. The van der Waals surface area contributed by atoms with Crippen molar-refractivity contribution in [2.75, 3.05) is 19.0 Å². The molecule has 0 fully saturated rings. The van der Waals surface area contributed by atoms with E-state index in [0.717, 1.165) is 27.9 Å². The van der Waals surface area contributed by atoms with Crippen LogP contribution in [0.5, 0.6) is 5.75 Å². The van der Waals surface area contributed by atoms with Crippen LogP contribution in [0.2, 0.25) is 0 Å². The number of benzene rings is 2. The van der Waals surface area contributed by atoms with E-state index in [0.29, 0.717) is 18.1 Å². The number of rotatable bonds is 5. The number of aromatic nitrogens is 1. The average Bonchev–Trinajstić information content (AvgIpc) is 2.64. The van der Waals surface area contributed by atoms with Crippen LogP contribution in [0, 0.1) is 13.8 Å². The lowest BCUT2D eigenvalue weighted by Gasteiger charge is -2.11. The van der Waals surface area contributed by atoms with Crippen molar-refractivity contribution >= 4 is 33.9 Å². The highest BCUT2D eigenvalue weighted by Crippen LogP contribution is 2.18. The molecule has 2 aromatic carbocycles. The first-order valence-corrected chi connectivity index (χ1v) is 9.19. The number of anilines is 1. The highest BCUT2D eigenvalue weighted by Gasteiger charge is 2.06. The maximum Gasteiger partial charge on any atom is 0.251 e. The van der Waals surface area contributed by atoms with Crippen molar-refractivity contribution in [3.8, 4) is 5.75 Å². The molecule has 0 amide bonds. The van der Waals surface area contributed by atoms with Crippen molar-refractivity contribution in [3.63, 3.8) is 0 Å². The second-order valence-corrected chi connectivity index (χ2v) is 6.92. The highest BCUT2D eigenvalue weighted by molar-refractivity contribution is 7.80. The molecule has 0 aliphatic carbocycles. The summed E-state index contributed by atoms with van der Waals surface area (Å²) in [5.41, 5.74) is 4.78. The Kier molecular flexibility index (Phi) is 5.76. The van der Waals surface area contributed by atoms with Gasteiger partial charge in [0.2, 0.25) is 0 Å². The van der Waals surface area contributed by atoms with Crippen molar-refractivity contribution < 1.29 is 4.74 Å². The lowest BCUT2D eigenvalue weighted by atomic mass is 10.0. The Morgan fingerprint density at radius 3 is 2.70 bits per heavy atom. The number of fused-ring (bicyclic) bond motifs is 1. The van der Waals surface area contributed by atoms with Gasteiger partial charge in [-0.2, -0.15) is 0 Å². The first kappa shape index (κ1) is 18.9. The van der Waals surface area contributed by atoms with Crippen LogP contribution in [0.25, 0.3) is 10.9 Å². The molecule has 27 heavy (non-hydrogen) atoms. The van der Waals surface area contributed by atoms with Gasteiger partial charge in [0, 0.05) is 29.4 Å². The third kappa shape index (κ3) is 4.65. The molecule has 0 radical (unpaired) electrons. The summed E-state index contributed by atoms with van der Waals surface area (Å²) in [6.45, 7) is 4.68. The topological polar surface area (TPSA) is 66.2 Å². The summed E-state index contributed by atoms with van der Waals surface area (Å²) in [5.74, 6) is 0.760. The van der Waals surface area contributed by atoms with Gasteiger partial charge < -0.3 is 20.4 Å². The first-order valence-electron chi connectivity index (χ1n) is 8.78. The Bertz CT molecular complexity index is 1040. The Morgan fingerprint density at radius 1 is 1.15 bits per heavy atom. The summed E-state index contributed by atoms with van der Waals surface area (Å²) in [6.07, 6.45) is 0.581. The summed E-state index contributed by atoms with van der Waals surface area (Å²) in [4.78, 5) is 15.3. The molecule has 3 rings (SSSR count). The Hall–Kier alpha value is -2.86. The van der Waals surface area contributed by atoms with Crippen LogP contribution < -0.4 is 20.9 Å². The fourth-order valence-corrected chi connectivity index (χ4v) is 3.11. The van der Waals surface area contributed by atoms with E-state index < -0.39 is 0 Å². The molecule has 1 aromatic heterocycles. The number of hydrogen-bond donors (Lipinski definition) is 3. The molecule has 0 saturated carbocycles. The Labute approximate surface area is 163 Å². The van der Waals surface area contributed by atoms with Gasteiger partial charge in [0.15, 0.2) is 5.11 Å². The van der Waals surface area contributed by atoms with Crippen molar-refractivity contribution in [3.05, 3.63) is 69.5 Å². The van der Waals surface area contributed by atoms with Gasteiger partial charge in [-0.15, -0.1) is 0 Å². The molecule has 5 nitrogen and oxygen atoms in total.